The van der Waals surface area contributed by atoms with E-state index in [1.807, 2.05) is 18.3 Å². The van der Waals surface area contributed by atoms with E-state index in [9.17, 15) is 0 Å². The Hall–Kier alpha value is -1.68. The Morgan fingerprint density at radius 1 is 1.14 bits per heavy atom. The molecule has 0 aliphatic rings. The van der Waals surface area contributed by atoms with E-state index in [0.29, 0.717) is 0 Å². The molecule has 2 heterocycles. The molecule has 0 unspecified atom stereocenters. The molecule has 0 aliphatic heterocycles. The molecule has 4 heteroatoms. The summed E-state index contributed by atoms with van der Waals surface area (Å²) in [6.07, 6.45) is 7.10. The van der Waals surface area contributed by atoms with Crippen LogP contribution in [-0.4, -0.2) is 15.0 Å². The largest absolute Gasteiger partial charge is 0.347 e. The molecule has 2 aromatic heterocycles. The van der Waals surface area contributed by atoms with Gasteiger partial charge in [0.25, 0.3) is 0 Å². The maximum atomic E-state index is 3.96. The van der Waals surface area contributed by atoms with Crippen molar-refractivity contribution in [1.29, 1.82) is 0 Å². The first kappa shape index (κ1) is 8.90. The second-order valence-electron chi connectivity index (χ2n) is 3.04. The number of aromatic nitrogens is 3. The van der Waals surface area contributed by atoms with Gasteiger partial charge in [-0.05, 0) is 17.7 Å². The van der Waals surface area contributed by atoms with Gasteiger partial charge in [-0.3, -0.25) is 4.98 Å². The summed E-state index contributed by atoms with van der Waals surface area (Å²) >= 11 is 0. The standard InChI is InChI=1S/C10H12N4/c1-3-11-4-2-9(1)5-12-6-10-7-13-8-14-10/h1-4,7-8,12H,5-6H2,(H,13,14). The van der Waals surface area contributed by atoms with E-state index in [0.717, 1.165) is 18.8 Å². The van der Waals surface area contributed by atoms with Crippen LogP contribution in [0.3, 0.4) is 0 Å². The van der Waals surface area contributed by atoms with Crippen LogP contribution in [0, 0.1) is 0 Å². The number of pyridine rings is 1. The summed E-state index contributed by atoms with van der Waals surface area (Å²) in [5.74, 6) is 0. The van der Waals surface area contributed by atoms with E-state index in [1.54, 1.807) is 18.7 Å². The van der Waals surface area contributed by atoms with E-state index in [4.69, 9.17) is 0 Å². The lowest BCUT2D eigenvalue weighted by Gasteiger charge is -2.02. The van der Waals surface area contributed by atoms with Crippen LogP contribution in [0.4, 0.5) is 0 Å². The highest BCUT2D eigenvalue weighted by molar-refractivity contribution is 5.09. The third-order valence-electron chi connectivity index (χ3n) is 1.95. The van der Waals surface area contributed by atoms with Gasteiger partial charge >= 0.3 is 0 Å². The molecule has 72 valence electrons. The number of nitrogens with one attached hydrogen (secondary N) is 2. The van der Waals surface area contributed by atoms with Gasteiger partial charge in [-0.1, -0.05) is 0 Å². The van der Waals surface area contributed by atoms with Crippen molar-refractivity contribution in [3.63, 3.8) is 0 Å². The number of rotatable bonds is 4. The van der Waals surface area contributed by atoms with E-state index in [-0.39, 0.29) is 0 Å². The summed E-state index contributed by atoms with van der Waals surface area (Å²) in [5.41, 5.74) is 2.33. The number of hydrogen-bond acceptors (Lipinski definition) is 3. The average molecular weight is 188 g/mol. The summed E-state index contributed by atoms with van der Waals surface area (Å²) in [4.78, 5) is 10.9. The molecule has 2 N–H and O–H groups in total. The Balaban J connectivity index is 1.79. The van der Waals surface area contributed by atoms with Crippen molar-refractivity contribution in [3.8, 4) is 0 Å². The monoisotopic (exact) mass is 188 g/mol. The molecule has 0 fully saturated rings. The molecule has 0 radical (unpaired) electrons. The summed E-state index contributed by atoms with van der Waals surface area (Å²) in [6.45, 7) is 1.66. The molecule has 0 amide bonds. The molecule has 0 saturated heterocycles. The van der Waals surface area contributed by atoms with Gasteiger partial charge in [0.1, 0.15) is 0 Å². The van der Waals surface area contributed by atoms with Crippen molar-refractivity contribution in [1.82, 2.24) is 20.3 Å². The molecule has 0 aliphatic carbocycles. The smallest absolute Gasteiger partial charge is 0.0922 e. The Morgan fingerprint density at radius 2 is 2.00 bits per heavy atom. The van der Waals surface area contributed by atoms with E-state index >= 15 is 0 Å². The second kappa shape index (κ2) is 4.53. The molecule has 0 atom stereocenters. The van der Waals surface area contributed by atoms with Crippen LogP contribution >= 0.6 is 0 Å². The number of aromatic amines is 1. The van der Waals surface area contributed by atoms with E-state index in [1.165, 1.54) is 5.56 Å². The van der Waals surface area contributed by atoms with Crippen LogP contribution < -0.4 is 5.32 Å². The van der Waals surface area contributed by atoms with Gasteiger partial charge in [0.15, 0.2) is 0 Å². The fourth-order valence-electron chi connectivity index (χ4n) is 1.22. The number of hydrogen-bond donors (Lipinski definition) is 2. The van der Waals surface area contributed by atoms with Gasteiger partial charge in [-0.25, -0.2) is 4.98 Å². The summed E-state index contributed by atoms with van der Waals surface area (Å²) in [7, 11) is 0. The first-order valence-electron chi connectivity index (χ1n) is 4.52. The molecule has 4 nitrogen and oxygen atoms in total. The zero-order valence-corrected chi connectivity index (χ0v) is 7.77. The zero-order valence-electron chi connectivity index (χ0n) is 7.77. The molecule has 2 rings (SSSR count). The molecule has 0 bridgehead atoms. The van der Waals surface area contributed by atoms with E-state index < -0.39 is 0 Å². The lowest BCUT2D eigenvalue weighted by Crippen LogP contribution is -2.12. The van der Waals surface area contributed by atoms with Gasteiger partial charge in [0.2, 0.25) is 0 Å². The zero-order chi connectivity index (χ0) is 9.64. The fraction of sp³-hybridized carbons (Fsp3) is 0.200. The number of imidazole rings is 1. The third-order valence-corrected chi connectivity index (χ3v) is 1.95. The van der Waals surface area contributed by atoms with Gasteiger partial charge < -0.3 is 10.3 Å². The topological polar surface area (TPSA) is 53.6 Å². The van der Waals surface area contributed by atoms with Crippen molar-refractivity contribution in [2.45, 2.75) is 13.1 Å². The van der Waals surface area contributed by atoms with Crippen LogP contribution in [0.1, 0.15) is 11.3 Å². The highest BCUT2D eigenvalue weighted by Gasteiger charge is 1.93. The maximum absolute atomic E-state index is 3.96. The third kappa shape index (κ3) is 2.40. The number of nitrogens with zero attached hydrogens (tertiary/aromatic N) is 2. The summed E-state index contributed by atoms with van der Waals surface area (Å²) in [5, 5.41) is 3.31. The highest BCUT2D eigenvalue weighted by atomic mass is 14.9. The van der Waals surface area contributed by atoms with Crippen molar-refractivity contribution in [2.75, 3.05) is 0 Å². The second-order valence-corrected chi connectivity index (χ2v) is 3.04. The quantitative estimate of drug-likeness (QED) is 0.755. The van der Waals surface area contributed by atoms with Crippen LogP contribution in [0.2, 0.25) is 0 Å². The van der Waals surface area contributed by atoms with Crippen molar-refractivity contribution >= 4 is 0 Å². The van der Waals surface area contributed by atoms with Gasteiger partial charge in [0, 0.05) is 37.4 Å². The Labute approximate surface area is 82.4 Å². The maximum Gasteiger partial charge on any atom is 0.0922 e. The van der Waals surface area contributed by atoms with Crippen molar-refractivity contribution < 1.29 is 0 Å². The minimum absolute atomic E-state index is 0.808. The summed E-state index contributed by atoms with van der Waals surface area (Å²) < 4.78 is 0. The average Bonchev–Trinajstić information content (AvgIpc) is 2.72. The molecule has 0 aromatic carbocycles. The Kier molecular flexibility index (Phi) is 2.88. The minimum Gasteiger partial charge on any atom is -0.347 e. The van der Waals surface area contributed by atoms with Crippen molar-refractivity contribution in [3.05, 3.63) is 48.3 Å². The SMILES string of the molecule is c1cc(CNCc2cnc[nH]2)ccn1. The number of H-pyrrole nitrogens is 1. The Bertz CT molecular complexity index is 355. The molecule has 0 saturated carbocycles. The van der Waals surface area contributed by atoms with E-state index in [2.05, 4.69) is 20.3 Å². The van der Waals surface area contributed by atoms with Crippen LogP contribution in [0.25, 0.3) is 0 Å². The lowest BCUT2D eigenvalue weighted by atomic mass is 10.3. The van der Waals surface area contributed by atoms with Gasteiger partial charge in [0.05, 0.1) is 6.33 Å². The van der Waals surface area contributed by atoms with Crippen LogP contribution in [0.5, 0.6) is 0 Å². The molecular formula is C10H12N4. The molecular weight excluding hydrogens is 176 g/mol. The predicted octanol–water partition coefficient (Wildman–Crippen LogP) is 1.09. The predicted molar refractivity (Wildman–Crippen MR) is 53.4 cm³/mol. The van der Waals surface area contributed by atoms with Crippen LogP contribution in [-0.2, 0) is 13.1 Å². The van der Waals surface area contributed by atoms with Crippen molar-refractivity contribution in [2.24, 2.45) is 0 Å². The normalized spacial score (nSPS) is 10.3. The van der Waals surface area contributed by atoms with Gasteiger partial charge in [-0.2, -0.15) is 0 Å². The minimum atomic E-state index is 0.808. The molecule has 0 spiro atoms. The fourth-order valence-corrected chi connectivity index (χ4v) is 1.22. The lowest BCUT2D eigenvalue weighted by molar-refractivity contribution is 0.682. The highest BCUT2D eigenvalue weighted by Crippen LogP contribution is 1.96. The summed E-state index contributed by atoms with van der Waals surface area (Å²) in [6, 6.07) is 4.00. The molecule has 14 heavy (non-hydrogen) atoms. The van der Waals surface area contributed by atoms with Gasteiger partial charge in [-0.15, -0.1) is 0 Å². The first-order chi connectivity index (χ1) is 6.95. The molecule has 2 aromatic rings. The van der Waals surface area contributed by atoms with Crippen LogP contribution in [0.15, 0.2) is 37.1 Å². The first-order valence-corrected chi connectivity index (χ1v) is 4.52. The Morgan fingerprint density at radius 3 is 2.71 bits per heavy atom.